The second kappa shape index (κ2) is 5.93. The number of anilines is 2. The summed E-state index contributed by atoms with van der Waals surface area (Å²) >= 11 is 6.26. The molecule has 2 N–H and O–H groups in total. The predicted molar refractivity (Wildman–Crippen MR) is 81.6 cm³/mol. The summed E-state index contributed by atoms with van der Waals surface area (Å²) in [7, 11) is 0. The molecule has 0 bridgehead atoms. The largest absolute Gasteiger partial charge is 0.397 e. The highest BCUT2D eigenvalue weighted by Crippen LogP contribution is 2.32. The van der Waals surface area contributed by atoms with Crippen LogP contribution in [-0.2, 0) is 6.54 Å². The van der Waals surface area contributed by atoms with E-state index in [4.69, 9.17) is 17.3 Å². The number of benzene rings is 1. The zero-order valence-electron chi connectivity index (χ0n) is 11.2. The second-order valence-electron chi connectivity index (χ2n) is 4.46. The minimum absolute atomic E-state index is 0.675. The number of nitrogens with zero attached hydrogens (tertiary/aromatic N) is 2. The Balaban J connectivity index is 2.30. The molecule has 0 saturated heterocycles. The maximum Gasteiger partial charge on any atom is 0.0792 e. The Hall–Kier alpha value is -1.74. The van der Waals surface area contributed by atoms with Crippen LogP contribution < -0.4 is 10.6 Å². The molecule has 0 aliphatic heterocycles. The second-order valence-corrected chi connectivity index (χ2v) is 4.87. The summed E-state index contributed by atoms with van der Waals surface area (Å²) in [6.45, 7) is 5.60. The van der Waals surface area contributed by atoms with Gasteiger partial charge in [0.2, 0.25) is 0 Å². The number of hydrogen-bond donors (Lipinski definition) is 1. The Kier molecular flexibility index (Phi) is 4.27. The van der Waals surface area contributed by atoms with E-state index in [2.05, 4.69) is 16.8 Å². The first kappa shape index (κ1) is 13.7. The first-order valence-corrected chi connectivity index (χ1v) is 6.71. The van der Waals surface area contributed by atoms with E-state index in [-0.39, 0.29) is 0 Å². The van der Waals surface area contributed by atoms with Gasteiger partial charge in [-0.15, -0.1) is 0 Å². The third-order valence-electron chi connectivity index (χ3n) is 3.01. The predicted octanol–water partition coefficient (Wildman–Crippen LogP) is 3.65. The molecule has 0 atom stereocenters. The molecule has 0 radical (unpaired) electrons. The maximum atomic E-state index is 6.26. The molecule has 100 valence electrons. The van der Waals surface area contributed by atoms with Crippen molar-refractivity contribution in [2.75, 3.05) is 17.2 Å². The van der Waals surface area contributed by atoms with Gasteiger partial charge in [-0.25, -0.2) is 0 Å². The molecule has 0 unspecified atom stereocenters. The lowest BCUT2D eigenvalue weighted by Crippen LogP contribution is -2.24. The number of hydrogen-bond acceptors (Lipinski definition) is 3. The molecule has 19 heavy (non-hydrogen) atoms. The van der Waals surface area contributed by atoms with Gasteiger partial charge in [-0.2, -0.15) is 0 Å². The van der Waals surface area contributed by atoms with Gasteiger partial charge in [0, 0.05) is 12.2 Å². The number of rotatable bonds is 4. The average Bonchev–Trinajstić information content (AvgIpc) is 2.37. The van der Waals surface area contributed by atoms with E-state index in [0.29, 0.717) is 17.3 Å². The van der Waals surface area contributed by atoms with Crippen molar-refractivity contribution in [2.45, 2.75) is 20.4 Å². The minimum Gasteiger partial charge on any atom is -0.397 e. The average molecular weight is 276 g/mol. The van der Waals surface area contributed by atoms with Gasteiger partial charge in [-0.3, -0.25) is 4.98 Å². The van der Waals surface area contributed by atoms with Gasteiger partial charge in [-0.05, 0) is 38.1 Å². The topological polar surface area (TPSA) is 42.2 Å². The summed E-state index contributed by atoms with van der Waals surface area (Å²) in [5, 5.41) is 0.675. The highest BCUT2D eigenvalue weighted by molar-refractivity contribution is 6.33. The first-order chi connectivity index (χ1) is 9.11. The highest BCUT2D eigenvalue weighted by Gasteiger charge is 2.13. The molecule has 4 heteroatoms. The third-order valence-corrected chi connectivity index (χ3v) is 3.32. The maximum absolute atomic E-state index is 6.26. The Morgan fingerprint density at radius 3 is 2.58 bits per heavy atom. The third kappa shape index (κ3) is 3.18. The number of pyridine rings is 1. The lowest BCUT2D eigenvalue weighted by Gasteiger charge is -2.25. The van der Waals surface area contributed by atoms with Crippen molar-refractivity contribution in [3.05, 3.63) is 52.8 Å². The molecule has 0 aliphatic rings. The van der Waals surface area contributed by atoms with Crippen LogP contribution in [0.15, 0.2) is 36.4 Å². The summed E-state index contributed by atoms with van der Waals surface area (Å²) in [5.74, 6) is 0. The van der Waals surface area contributed by atoms with E-state index in [0.717, 1.165) is 23.6 Å². The monoisotopic (exact) mass is 275 g/mol. The van der Waals surface area contributed by atoms with Gasteiger partial charge in [0.25, 0.3) is 0 Å². The van der Waals surface area contributed by atoms with Crippen LogP contribution in [0.4, 0.5) is 11.4 Å². The van der Waals surface area contributed by atoms with Crippen molar-refractivity contribution < 1.29 is 0 Å². The van der Waals surface area contributed by atoms with Crippen LogP contribution in [0.1, 0.15) is 18.3 Å². The zero-order valence-corrected chi connectivity index (χ0v) is 12.0. The number of aryl methyl sites for hydroxylation is 1. The highest BCUT2D eigenvalue weighted by atomic mass is 35.5. The number of halogens is 1. The Morgan fingerprint density at radius 1 is 1.21 bits per heavy atom. The summed E-state index contributed by atoms with van der Waals surface area (Å²) in [6, 6.07) is 11.6. The quantitative estimate of drug-likeness (QED) is 0.866. The van der Waals surface area contributed by atoms with Gasteiger partial charge in [0.15, 0.2) is 0 Å². The van der Waals surface area contributed by atoms with Crippen molar-refractivity contribution in [3.63, 3.8) is 0 Å². The smallest absolute Gasteiger partial charge is 0.0792 e. The standard InChI is InChI=1S/C15H18ClN3/c1-3-19(10-12-7-4-6-11(2)18-12)15-13(16)8-5-9-14(15)17/h4-9H,3,10,17H2,1-2H3. The molecule has 0 fully saturated rings. The Labute approximate surface area is 119 Å². The molecule has 2 rings (SSSR count). The Morgan fingerprint density at radius 2 is 1.95 bits per heavy atom. The van der Waals surface area contributed by atoms with Crippen LogP contribution >= 0.6 is 11.6 Å². The van der Waals surface area contributed by atoms with Gasteiger partial charge in [0.05, 0.1) is 28.6 Å². The molecule has 1 heterocycles. The molecule has 0 saturated carbocycles. The van der Waals surface area contributed by atoms with Crippen LogP contribution in [0.25, 0.3) is 0 Å². The molecular weight excluding hydrogens is 258 g/mol. The number of nitrogens with two attached hydrogens (primary N) is 1. The summed E-state index contributed by atoms with van der Waals surface area (Å²) in [4.78, 5) is 6.66. The van der Waals surface area contributed by atoms with Gasteiger partial charge in [-0.1, -0.05) is 23.7 Å². The van der Waals surface area contributed by atoms with Crippen molar-refractivity contribution >= 4 is 23.0 Å². The molecule has 1 aromatic carbocycles. The van der Waals surface area contributed by atoms with E-state index in [9.17, 15) is 0 Å². The van der Waals surface area contributed by atoms with E-state index < -0.39 is 0 Å². The molecule has 3 nitrogen and oxygen atoms in total. The van der Waals surface area contributed by atoms with Gasteiger partial charge >= 0.3 is 0 Å². The summed E-state index contributed by atoms with van der Waals surface area (Å²) in [6.07, 6.45) is 0. The van der Waals surface area contributed by atoms with Crippen molar-refractivity contribution in [1.82, 2.24) is 4.98 Å². The van der Waals surface area contributed by atoms with E-state index >= 15 is 0 Å². The first-order valence-electron chi connectivity index (χ1n) is 6.33. The lowest BCUT2D eigenvalue weighted by atomic mass is 10.2. The SMILES string of the molecule is CCN(Cc1cccc(C)n1)c1c(N)cccc1Cl. The molecular formula is C15H18ClN3. The van der Waals surface area contributed by atoms with Crippen molar-refractivity contribution in [3.8, 4) is 0 Å². The summed E-state index contributed by atoms with van der Waals surface area (Å²) in [5.41, 5.74) is 9.64. The molecule has 2 aromatic rings. The van der Waals surface area contributed by atoms with Crippen LogP contribution in [0, 0.1) is 6.92 Å². The fourth-order valence-corrected chi connectivity index (χ4v) is 2.40. The normalized spacial score (nSPS) is 10.5. The van der Waals surface area contributed by atoms with Crippen LogP contribution in [0.5, 0.6) is 0 Å². The van der Waals surface area contributed by atoms with Crippen LogP contribution in [0.2, 0.25) is 5.02 Å². The van der Waals surface area contributed by atoms with Crippen molar-refractivity contribution in [1.29, 1.82) is 0 Å². The van der Waals surface area contributed by atoms with E-state index in [1.807, 2.05) is 43.3 Å². The fraction of sp³-hybridized carbons (Fsp3) is 0.267. The number of nitrogen functional groups attached to an aromatic ring is 1. The van der Waals surface area contributed by atoms with Crippen molar-refractivity contribution in [2.24, 2.45) is 0 Å². The molecule has 0 aliphatic carbocycles. The van der Waals surface area contributed by atoms with Gasteiger partial charge < -0.3 is 10.6 Å². The van der Waals surface area contributed by atoms with E-state index in [1.165, 1.54) is 0 Å². The van der Waals surface area contributed by atoms with Crippen LogP contribution in [0.3, 0.4) is 0 Å². The molecule has 0 amide bonds. The van der Waals surface area contributed by atoms with Gasteiger partial charge in [0.1, 0.15) is 0 Å². The molecule has 0 spiro atoms. The zero-order chi connectivity index (χ0) is 13.8. The summed E-state index contributed by atoms with van der Waals surface area (Å²) < 4.78 is 0. The number of para-hydroxylation sites is 1. The minimum atomic E-state index is 0.675. The number of aromatic nitrogens is 1. The lowest BCUT2D eigenvalue weighted by molar-refractivity contribution is 0.807. The molecule has 1 aromatic heterocycles. The van der Waals surface area contributed by atoms with E-state index in [1.54, 1.807) is 0 Å². The van der Waals surface area contributed by atoms with Crippen LogP contribution in [-0.4, -0.2) is 11.5 Å². The fourth-order valence-electron chi connectivity index (χ4n) is 2.10. The Bertz CT molecular complexity index is 549.